The van der Waals surface area contributed by atoms with Crippen molar-refractivity contribution in [1.82, 2.24) is 15.0 Å². The van der Waals surface area contributed by atoms with Gasteiger partial charge in [-0.15, -0.1) is 0 Å². The number of carbonyl (C=O) groups is 2. The molecule has 0 spiro atoms. The first kappa shape index (κ1) is 20.8. The zero-order valence-electron chi connectivity index (χ0n) is 18.4. The highest BCUT2D eigenvalue weighted by molar-refractivity contribution is 6.16. The van der Waals surface area contributed by atoms with Crippen LogP contribution in [-0.2, 0) is 17.9 Å². The number of allylic oxidation sites excluding steroid dienone is 3. The van der Waals surface area contributed by atoms with E-state index in [0.717, 1.165) is 22.3 Å². The lowest BCUT2D eigenvalue weighted by Crippen LogP contribution is -2.53. The summed E-state index contributed by atoms with van der Waals surface area (Å²) in [5, 5.41) is 4.07. The predicted molar refractivity (Wildman–Crippen MR) is 122 cm³/mol. The van der Waals surface area contributed by atoms with Crippen LogP contribution in [0.15, 0.2) is 77.4 Å². The molecule has 1 aromatic heterocycles. The molecule has 0 saturated carbocycles. The molecule has 1 atom stereocenters. The smallest absolute Gasteiger partial charge is 0.335 e. The lowest BCUT2D eigenvalue weighted by molar-refractivity contribution is -0.460. The van der Waals surface area contributed by atoms with Gasteiger partial charge in [0.15, 0.2) is 6.54 Å². The molecule has 0 radical (unpaired) electrons. The summed E-state index contributed by atoms with van der Waals surface area (Å²) in [4.78, 5) is 32.4. The third kappa shape index (κ3) is 4.05. The van der Waals surface area contributed by atoms with Crippen molar-refractivity contribution in [3.05, 3.63) is 95.4 Å². The highest BCUT2D eigenvalue weighted by atomic mass is 16.5. The van der Waals surface area contributed by atoms with Crippen LogP contribution < -0.4 is 0 Å². The largest absolute Gasteiger partial charge is 0.501 e. The number of imide groups is 1. The molecule has 0 N–H and O–H groups in total. The number of rotatable bonds is 5. The van der Waals surface area contributed by atoms with Crippen molar-refractivity contribution in [3.8, 4) is 11.4 Å². The van der Waals surface area contributed by atoms with Crippen molar-refractivity contribution in [2.24, 2.45) is 5.92 Å². The fourth-order valence-corrected chi connectivity index (χ4v) is 3.97. The van der Waals surface area contributed by atoms with Gasteiger partial charge in [0.25, 0.3) is 5.89 Å². The predicted octanol–water partition coefficient (Wildman–Crippen LogP) is 4.21. The van der Waals surface area contributed by atoms with Crippen molar-refractivity contribution in [3.63, 3.8) is 0 Å². The Hall–Kier alpha value is -4.13. The van der Waals surface area contributed by atoms with E-state index in [-0.39, 0.29) is 19.0 Å². The Bertz CT molecular complexity index is 1310. The minimum Gasteiger partial charge on any atom is -0.335 e. The van der Waals surface area contributed by atoms with E-state index in [9.17, 15) is 9.59 Å². The van der Waals surface area contributed by atoms with Gasteiger partial charge in [-0.25, -0.2) is 4.79 Å². The van der Waals surface area contributed by atoms with E-state index in [1.54, 1.807) is 10.7 Å². The monoisotopic (exact) mass is 439 g/mol. The van der Waals surface area contributed by atoms with Crippen molar-refractivity contribution in [1.29, 1.82) is 0 Å². The zero-order valence-corrected chi connectivity index (χ0v) is 18.4. The molecule has 5 rings (SSSR count). The van der Waals surface area contributed by atoms with Gasteiger partial charge in [-0.05, 0) is 25.5 Å². The topological polar surface area (TPSA) is 79.3 Å². The third-order valence-electron chi connectivity index (χ3n) is 5.84. The molecule has 1 unspecified atom stereocenters. The maximum atomic E-state index is 13.4. The summed E-state index contributed by atoms with van der Waals surface area (Å²) in [5.41, 5.74) is 4.60. The maximum absolute atomic E-state index is 13.4. The van der Waals surface area contributed by atoms with Gasteiger partial charge in [-0.2, -0.15) is 19.3 Å². The molecule has 0 saturated heterocycles. The van der Waals surface area contributed by atoms with Gasteiger partial charge in [-0.3, -0.25) is 0 Å². The number of hydrogen-bond acceptors (Lipinski definition) is 5. The lowest BCUT2D eigenvalue weighted by Gasteiger charge is -2.26. The van der Waals surface area contributed by atoms with Crippen molar-refractivity contribution < 1.29 is 18.7 Å². The van der Waals surface area contributed by atoms with E-state index in [4.69, 9.17) is 4.52 Å². The van der Waals surface area contributed by atoms with Crippen LogP contribution in [0.2, 0.25) is 0 Å². The number of urea groups is 1. The molecule has 164 valence electrons. The second kappa shape index (κ2) is 8.43. The Balaban J connectivity index is 1.46. The van der Waals surface area contributed by atoms with Gasteiger partial charge in [-0.1, -0.05) is 83.0 Å². The fraction of sp³-hybridized carbons (Fsp3) is 0.192. The summed E-state index contributed by atoms with van der Waals surface area (Å²) in [6, 6.07) is 15.2. The molecule has 0 fully saturated rings. The number of hydrogen-bond donors (Lipinski definition) is 0. The van der Waals surface area contributed by atoms with Crippen LogP contribution in [-0.4, -0.2) is 37.3 Å². The van der Waals surface area contributed by atoms with Crippen molar-refractivity contribution >= 4 is 17.6 Å². The van der Waals surface area contributed by atoms with E-state index in [0.29, 0.717) is 17.4 Å². The minimum absolute atomic E-state index is 0.0827. The van der Waals surface area contributed by atoms with Gasteiger partial charge in [0, 0.05) is 5.56 Å². The highest BCUT2D eigenvalue weighted by Gasteiger charge is 2.47. The van der Waals surface area contributed by atoms with Gasteiger partial charge in [0.05, 0.1) is 0 Å². The molecule has 7 nitrogen and oxygen atoms in total. The van der Waals surface area contributed by atoms with Crippen LogP contribution in [0.3, 0.4) is 0 Å². The van der Waals surface area contributed by atoms with Gasteiger partial charge < -0.3 is 4.52 Å². The van der Waals surface area contributed by atoms with Crippen LogP contribution in [0, 0.1) is 19.8 Å². The number of nitrogens with zero attached hydrogens (tertiary/aromatic N) is 4. The number of aryl methyl sites for hydroxylation is 2. The Labute approximate surface area is 191 Å². The first-order valence-corrected chi connectivity index (χ1v) is 10.8. The van der Waals surface area contributed by atoms with E-state index >= 15 is 0 Å². The summed E-state index contributed by atoms with van der Waals surface area (Å²) >= 11 is 0. The summed E-state index contributed by atoms with van der Waals surface area (Å²) < 4.78 is 7.01. The molecule has 3 amide bonds. The summed E-state index contributed by atoms with van der Waals surface area (Å²) in [6.45, 7) is 4.29. The standard InChI is InChI=1S/C26H23N4O3/c1-17-7-11-19(12-8-17)15-30-25(31)21-5-3-4-6-22(21)29(26(30)32)16-23-27-24(28-33-23)20-13-9-18(2)10-14-20/h3-14,21H,15-16H2,1-2H3/q+1. The second-order valence-electron chi connectivity index (χ2n) is 8.30. The Morgan fingerprint density at radius 3 is 2.39 bits per heavy atom. The normalized spacial score (nSPS) is 17.6. The first-order chi connectivity index (χ1) is 16.0. The quantitative estimate of drug-likeness (QED) is 0.557. The number of benzene rings is 2. The Morgan fingerprint density at radius 1 is 0.970 bits per heavy atom. The van der Waals surface area contributed by atoms with Crippen LogP contribution in [0.4, 0.5) is 4.79 Å². The SMILES string of the molecule is Cc1ccc(CN2C(=O)C3C=CC=CC3=[N+](Cc3nc(-c4ccc(C)cc4)no3)C2=O)cc1. The first-order valence-electron chi connectivity index (χ1n) is 10.8. The number of fused-ring (bicyclic) bond motifs is 1. The van der Waals surface area contributed by atoms with E-state index in [1.165, 1.54) is 4.90 Å². The Morgan fingerprint density at radius 2 is 1.67 bits per heavy atom. The molecular weight excluding hydrogens is 416 g/mol. The van der Waals surface area contributed by atoms with Crippen LogP contribution in [0.1, 0.15) is 22.6 Å². The van der Waals surface area contributed by atoms with Crippen molar-refractivity contribution in [2.75, 3.05) is 0 Å². The Kier molecular flexibility index (Phi) is 5.30. The lowest BCUT2D eigenvalue weighted by atomic mass is 9.94. The highest BCUT2D eigenvalue weighted by Crippen LogP contribution is 2.23. The van der Waals surface area contributed by atoms with Crippen LogP contribution >= 0.6 is 0 Å². The second-order valence-corrected chi connectivity index (χ2v) is 8.30. The van der Waals surface area contributed by atoms with E-state index < -0.39 is 11.9 Å². The van der Waals surface area contributed by atoms with E-state index in [2.05, 4.69) is 10.1 Å². The molecule has 33 heavy (non-hydrogen) atoms. The molecular formula is C26H23N4O3+. The van der Waals surface area contributed by atoms with Crippen molar-refractivity contribution in [2.45, 2.75) is 26.9 Å². The molecule has 7 heteroatoms. The molecule has 2 heterocycles. The van der Waals surface area contributed by atoms with Gasteiger partial charge in [0.1, 0.15) is 18.2 Å². The third-order valence-corrected chi connectivity index (χ3v) is 5.84. The van der Waals surface area contributed by atoms with Crippen LogP contribution in [0.25, 0.3) is 11.4 Å². The molecule has 3 aromatic rings. The van der Waals surface area contributed by atoms with Gasteiger partial charge >= 0.3 is 11.9 Å². The summed E-state index contributed by atoms with van der Waals surface area (Å²) in [7, 11) is 0. The summed E-state index contributed by atoms with van der Waals surface area (Å²) in [6.07, 6.45) is 7.25. The number of carbonyl (C=O) groups excluding carboxylic acids is 2. The van der Waals surface area contributed by atoms with Crippen LogP contribution in [0.5, 0.6) is 0 Å². The number of amides is 3. The molecule has 0 bridgehead atoms. The maximum Gasteiger partial charge on any atom is 0.501 e. The minimum atomic E-state index is -0.530. The van der Waals surface area contributed by atoms with E-state index in [1.807, 2.05) is 80.6 Å². The molecule has 2 aromatic carbocycles. The average molecular weight is 439 g/mol. The molecule has 1 aliphatic carbocycles. The zero-order chi connectivity index (χ0) is 22.9. The molecule has 2 aliphatic rings. The summed E-state index contributed by atoms with van der Waals surface area (Å²) in [5.74, 6) is -0.00335. The number of aromatic nitrogens is 2. The fourth-order valence-electron chi connectivity index (χ4n) is 3.97. The average Bonchev–Trinajstić information content (AvgIpc) is 3.30. The van der Waals surface area contributed by atoms with Gasteiger partial charge in [0.2, 0.25) is 5.82 Å². The molecule has 1 aliphatic heterocycles.